The van der Waals surface area contributed by atoms with Crippen LogP contribution in [0.2, 0.25) is 0 Å². The van der Waals surface area contributed by atoms with Crippen molar-refractivity contribution in [2.24, 2.45) is 0 Å². The maximum absolute atomic E-state index is 6.05. The molecule has 4 rings (SSSR count). The molecule has 3 unspecified atom stereocenters. The molecule has 1 aromatic rings. The van der Waals surface area contributed by atoms with E-state index in [1.807, 2.05) is 6.20 Å². The highest BCUT2D eigenvalue weighted by Gasteiger charge is 2.32. The van der Waals surface area contributed by atoms with Gasteiger partial charge in [-0.25, -0.2) is 0 Å². The first kappa shape index (κ1) is 13.7. The van der Waals surface area contributed by atoms with Crippen LogP contribution in [0.5, 0.6) is 0 Å². The molecule has 0 aromatic carbocycles. The van der Waals surface area contributed by atoms with Gasteiger partial charge in [0.2, 0.25) is 0 Å². The Kier molecular flexibility index (Phi) is 3.93. The zero-order valence-electron chi connectivity index (χ0n) is 12.6. The molecule has 0 amide bonds. The molecule has 2 fully saturated rings. The Bertz CT molecular complexity index is 493. The summed E-state index contributed by atoms with van der Waals surface area (Å²) in [6, 6.07) is 5.38. The van der Waals surface area contributed by atoms with Crippen molar-refractivity contribution >= 4 is 0 Å². The summed E-state index contributed by atoms with van der Waals surface area (Å²) in [6.07, 6.45) is 8.56. The monoisotopic (exact) mass is 287 g/mol. The average molecular weight is 287 g/mol. The number of fused-ring (bicyclic) bond motifs is 2. The van der Waals surface area contributed by atoms with Crippen LogP contribution in [0, 0.1) is 0 Å². The van der Waals surface area contributed by atoms with Crippen LogP contribution in [-0.4, -0.2) is 48.3 Å². The van der Waals surface area contributed by atoms with Gasteiger partial charge >= 0.3 is 0 Å². The normalized spacial score (nSPS) is 32.7. The molecule has 2 aliphatic heterocycles. The van der Waals surface area contributed by atoms with Gasteiger partial charge in [-0.3, -0.25) is 9.88 Å². The Morgan fingerprint density at radius 3 is 3.33 bits per heavy atom. The topological polar surface area (TPSA) is 37.4 Å². The van der Waals surface area contributed by atoms with Gasteiger partial charge in [0.25, 0.3) is 0 Å². The third kappa shape index (κ3) is 2.85. The van der Waals surface area contributed by atoms with E-state index in [-0.39, 0.29) is 0 Å². The third-order valence-electron chi connectivity index (χ3n) is 5.25. The molecule has 114 valence electrons. The molecule has 2 saturated heterocycles. The maximum atomic E-state index is 6.05. The molecule has 0 saturated carbocycles. The molecule has 0 radical (unpaired) electrons. The van der Waals surface area contributed by atoms with E-state index in [0.717, 1.165) is 19.7 Å². The zero-order valence-corrected chi connectivity index (χ0v) is 12.6. The summed E-state index contributed by atoms with van der Waals surface area (Å²) < 4.78 is 6.05. The summed E-state index contributed by atoms with van der Waals surface area (Å²) in [6.45, 7) is 4.23. The summed E-state index contributed by atoms with van der Waals surface area (Å²) >= 11 is 0. The van der Waals surface area contributed by atoms with Crippen LogP contribution in [0.4, 0.5) is 0 Å². The number of aromatic nitrogens is 1. The Balaban J connectivity index is 1.35. The number of nitrogens with one attached hydrogen (secondary N) is 1. The highest BCUT2D eigenvalue weighted by Crippen LogP contribution is 2.28. The Morgan fingerprint density at radius 2 is 2.33 bits per heavy atom. The summed E-state index contributed by atoms with van der Waals surface area (Å²) in [4.78, 5) is 7.22. The lowest BCUT2D eigenvalue weighted by molar-refractivity contribution is -0.0481. The van der Waals surface area contributed by atoms with E-state index >= 15 is 0 Å². The fraction of sp³-hybridized carbons (Fsp3) is 0.706. The van der Waals surface area contributed by atoms with E-state index in [1.54, 1.807) is 0 Å². The van der Waals surface area contributed by atoms with Gasteiger partial charge in [0, 0.05) is 31.4 Å². The van der Waals surface area contributed by atoms with Crippen molar-refractivity contribution in [3.05, 3.63) is 29.6 Å². The first-order valence-electron chi connectivity index (χ1n) is 8.43. The lowest BCUT2D eigenvalue weighted by Gasteiger charge is -2.36. The Morgan fingerprint density at radius 1 is 1.33 bits per heavy atom. The van der Waals surface area contributed by atoms with Crippen LogP contribution in [0.15, 0.2) is 18.3 Å². The molecule has 0 bridgehead atoms. The van der Waals surface area contributed by atoms with Crippen molar-refractivity contribution in [2.75, 3.05) is 26.2 Å². The molecule has 1 aliphatic carbocycles. The number of morpholine rings is 1. The zero-order chi connectivity index (χ0) is 14.1. The number of pyridine rings is 1. The summed E-state index contributed by atoms with van der Waals surface area (Å²) in [7, 11) is 0. The molecule has 3 aliphatic rings. The second kappa shape index (κ2) is 6.03. The second-order valence-electron chi connectivity index (χ2n) is 6.65. The van der Waals surface area contributed by atoms with Gasteiger partial charge in [-0.1, -0.05) is 6.07 Å². The molecular formula is C17H25N3O. The standard InChI is InChI=1S/C17H25N3O/c1-4-13-5-2-8-18-17(13)16(7-1)19-10-15-11-20-9-3-6-14(20)12-21-15/h2,5,8,14-16,19H,1,3-4,6-7,9-12H2. The quantitative estimate of drug-likeness (QED) is 0.921. The predicted molar refractivity (Wildman–Crippen MR) is 82.3 cm³/mol. The van der Waals surface area contributed by atoms with Crippen LogP contribution in [0.3, 0.4) is 0 Å². The van der Waals surface area contributed by atoms with E-state index < -0.39 is 0 Å². The van der Waals surface area contributed by atoms with Gasteiger partial charge in [0.15, 0.2) is 0 Å². The minimum atomic E-state index is 0.341. The lowest BCUT2D eigenvalue weighted by atomic mass is 9.92. The third-order valence-corrected chi connectivity index (χ3v) is 5.25. The van der Waals surface area contributed by atoms with Crippen LogP contribution in [0.1, 0.15) is 43.0 Å². The van der Waals surface area contributed by atoms with Crippen molar-refractivity contribution in [2.45, 2.75) is 50.3 Å². The van der Waals surface area contributed by atoms with Crippen molar-refractivity contribution in [3.8, 4) is 0 Å². The molecule has 4 nitrogen and oxygen atoms in total. The van der Waals surface area contributed by atoms with Crippen LogP contribution in [-0.2, 0) is 11.2 Å². The lowest BCUT2D eigenvalue weighted by Crippen LogP contribution is -2.49. The molecular weight excluding hydrogens is 262 g/mol. The van der Waals surface area contributed by atoms with Crippen molar-refractivity contribution in [1.29, 1.82) is 0 Å². The highest BCUT2D eigenvalue weighted by atomic mass is 16.5. The first-order chi connectivity index (χ1) is 10.4. The van der Waals surface area contributed by atoms with E-state index in [2.05, 4.69) is 27.3 Å². The number of aryl methyl sites for hydroxylation is 1. The SMILES string of the molecule is c1cnc2c(c1)CCCC2NCC1CN2CCCC2CO1. The van der Waals surface area contributed by atoms with Crippen LogP contribution < -0.4 is 5.32 Å². The van der Waals surface area contributed by atoms with Crippen molar-refractivity contribution < 1.29 is 4.74 Å². The van der Waals surface area contributed by atoms with E-state index in [9.17, 15) is 0 Å². The summed E-state index contributed by atoms with van der Waals surface area (Å²) in [5.74, 6) is 0. The van der Waals surface area contributed by atoms with E-state index in [1.165, 1.54) is 49.9 Å². The van der Waals surface area contributed by atoms with Gasteiger partial charge < -0.3 is 10.1 Å². The first-order valence-corrected chi connectivity index (χ1v) is 8.43. The van der Waals surface area contributed by atoms with Crippen LogP contribution >= 0.6 is 0 Å². The number of nitrogens with zero attached hydrogens (tertiary/aromatic N) is 2. The number of rotatable bonds is 3. The molecule has 3 heterocycles. The molecule has 4 heteroatoms. The average Bonchev–Trinajstić information content (AvgIpc) is 3.00. The fourth-order valence-corrected chi connectivity index (χ4v) is 4.09. The van der Waals surface area contributed by atoms with Gasteiger partial charge in [0.05, 0.1) is 18.4 Å². The molecule has 1 aromatic heterocycles. The molecule has 0 spiro atoms. The fourth-order valence-electron chi connectivity index (χ4n) is 4.09. The summed E-state index contributed by atoms with van der Waals surface area (Å²) in [5, 5.41) is 3.71. The predicted octanol–water partition coefficient (Wildman–Crippen LogP) is 1.91. The minimum Gasteiger partial charge on any atom is -0.374 e. The number of hydrogen-bond donors (Lipinski definition) is 1. The van der Waals surface area contributed by atoms with E-state index in [0.29, 0.717) is 18.2 Å². The Hall–Kier alpha value is -0.970. The van der Waals surface area contributed by atoms with Gasteiger partial charge in [-0.05, 0) is 50.3 Å². The van der Waals surface area contributed by atoms with Gasteiger partial charge in [0.1, 0.15) is 0 Å². The van der Waals surface area contributed by atoms with Gasteiger partial charge in [-0.15, -0.1) is 0 Å². The second-order valence-corrected chi connectivity index (χ2v) is 6.65. The van der Waals surface area contributed by atoms with E-state index in [4.69, 9.17) is 4.74 Å². The Labute approximate surface area is 126 Å². The minimum absolute atomic E-state index is 0.341. The largest absolute Gasteiger partial charge is 0.374 e. The number of ether oxygens (including phenoxy) is 1. The highest BCUT2D eigenvalue weighted by molar-refractivity contribution is 5.25. The van der Waals surface area contributed by atoms with Crippen molar-refractivity contribution in [3.63, 3.8) is 0 Å². The smallest absolute Gasteiger partial charge is 0.0827 e. The summed E-state index contributed by atoms with van der Waals surface area (Å²) in [5.41, 5.74) is 2.68. The van der Waals surface area contributed by atoms with Gasteiger partial charge in [-0.2, -0.15) is 0 Å². The van der Waals surface area contributed by atoms with Crippen molar-refractivity contribution in [1.82, 2.24) is 15.2 Å². The molecule has 21 heavy (non-hydrogen) atoms. The maximum Gasteiger partial charge on any atom is 0.0827 e. The number of hydrogen-bond acceptors (Lipinski definition) is 4. The molecule has 1 N–H and O–H groups in total. The van der Waals surface area contributed by atoms with Crippen LogP contribution in [0.25, 0.3) is 0 Å². The molecule has 3 atom stereocenters.